The summed E-state index contributed by atoms with van der Waals surface area (Å²) in [5.74, 6) is -0.485. The summed E-state index contributed by atoms with van der Waals surface area (Å²) in [5, 5.41) is 37.0. The van der Waals surface area contributed by atoms with Gasteiger partial charge in [0.05, 0.1) is 12.2 Å². The fourth-order valence-electron chi connectivity index (χ4n) is 3.90. The maximum absolute atomic E-state index is 12.2. The molecule has 0 bridgehead atoms. The van der Waals surface area contributed by atoms with Crippen molar-refractivity contribution >= 4 is 17.7 Å². The van der Waals surface area contributed by atoms with E-state index >= 15 is 0 Å². The van der Waals surface area contributed by atoms with Crippen LogP contribution in [0.5, 0.6) is 17.2 Å². The molecule has 0 aliphatic carbocycles. The molecule has 0 saturated heterocycles. The van der Waals surface area contributed by atoms with Crippen molar-refractivity contribution in [2.75, 3.05) is 13.2 Å². The monoisotopic (exact) mass is 529 g/mol. The molecular formula is C29H43N3O6. The number of carboxylic acid groups (broad SMARTS) is 1. The van der Waals surface area contributed by atoms with Crippen LogP contribution in [-0.4, -0.2) is 46.2 Å². The molecule has 0 radical (unpaired) electrons. The number of nitrogen functional groups attached to an aromatic ring is 1. The summed E-state index contributed by atoms with van der Waals surface area (Å²) in [4.78, 5) is 21.2. The molecule has 0 saturated carbocycles. The van der Waals surface area contributed by atoms with Crippen LogP contribution in [0.1, 0.15) is 92.6 Å². The maximum atomic E-state index is 12.2. The molecule has 0 aliphatic rings. The number of nitrogens with one attached hydrogen (secondary N) is 2. The van der Waals surface area contributed by atoms with Gasteiger partial charge >= 0.3 is 0 Å². The number of carboxylic acids is 1. The second-order valence-corrected chi connectivity index (χ2v) is 9.25. The fourth-order valence-corrected chi connectivity index (χ4v) is 3.90. The van der Waals surface area contributed by atoms with Crippen LogP contribution in [0, 0.1) is 12.3 Å². The number of carbonyl (C=O) groups excluding carboxylic acids is 1. The van der Waals surface area contributed by atoms with Crippen molar-refractivity contribution in [3.63, 3.8) is 0 Å². The van der Waals surface area contributed by atoms with Crippen molar-refractivity contribution in [3.05, 3.63) is 53.1 Å². The molecule has 0 aliphatic heterocycles. The number of nitrogens with two attached hydrogens (primary N) is 1. The third-order valence-corrected chi connectivity index (χ3v) is 5.82. The highest BCUT2D eigenvalue weighted by molar-refractivity contribution is 5.98. The first kappa shape index (κ1) is 32.3. The minimum Gasteiger partial charge on any atom is -0.508 e. The van der Waals surface area contributed by atoms with E-state index in [4.69, 9.17) is 25.8 Å². The molecule has 0 fully saturated rings. The van der Waals surface area contributed by atoms with E-state index < -0.39 is 5.97 Å². The van der Waals surface area contributed by atoms with Gasteiger partial charge < -0.3 is 31.1 Å². The first-order valence-corrected chi connectivity index (χ1v) is 13.2. The topological polar surface area (TPSA) is 166 Å². The number of aliphatic carboxylic acids is 1. The van der Waals surface area contributed by atoms with Crippen LogP contribution in [0.4, 0.5) is 0 Å². The quantitative estimate of drug-likeness (QED) is 0.0949. The van der Waals surface area contributed by atoms with Gasteiger partial charge in [-0.3, -0.25) is 15.0 Å². The second-order valence-electron chi connectivity index (χ2n) is 9.25. The van der Waals surface area contributed by atoms with Gasteiger partial charge in [0.2, 0.25) is 0 Å². The summed E-state index contributed by atoms with van der Waals surface area (Å²) < 4.78 is 5.73. The number of aromatic hydroxyl groups is 2. The molecular weight excluding hydrogens is 486 g/mol. The lowest BCUT2D eigenvalue weighted by atomic mass is 10.1. The Morgan fingerprint density at radius 1 is 0.895 bits per heavy atom. The third-order valence-electron chi connectivity index (χ3n) is 5.82. The van der Waals surface area contributed by atoms with Crippen molar-refractivity contribution in [3.8, 4) is 17.2 Å². The Labute approximate surface area is 225 Å². The number of benzene rings is 2. The molecule has 0 atom stereocenters. The third kappa shape index (κ3) is 14.1. The number of phenolic OH excluding ortho intramolecular Hbond substituents is 2. The molecule has 2 aromatic rings. The highest BCUT2D eigenvalue weighted by Gasteiger charge is 2.14. The SMILES string of the molecule is CC(=O)O.Cc1cc(O)cc(O)c1C(=O)NCCCCCCCCCCCCOc1ccc(C(=N)N)cc1. The Morgan fingerprint density at radius 3 is 1.89 bits per heavy atom. The molecule has 0 aromatic heterocycles. The van der Waals surface area contributed by atoms with E-state index in [1.807, 2.05) is 12.1 Å². The Bertz CT molecular complexity index is 981. The Morgan fingerprint density at radius 2 is 1.39 bits per heavy atom. The van der Waals surface area contributed by atoms with Crippen LogP contribution in [0.15, 0.2) is 36.4 Å². The summed E-state index contributed by atoms with van der Waals surface area (Å²) in [7, 11) is 0. The number of carbonyl (C=O) groups is 2. The standard InChI is InChI=1S/C27H39N3O4.C2H4O2/c1-20-18-22(31)19-24(32)25(20)27(33)30-16-10-8-6-4-2-3-5-7-9-11-17-34-23-14-12-21(13-15-23)26(28)29;1-2(3)4/h12-15,18-19,31-32H,2-11,16-17H2,1H3,(H3,28,29)(H,30,33);1H3,(H,3,4). The summed E-state index contributed by atoms with van der Waals surface area (Å²) in [6, 6.07) is 9.97. The zero-order chi connectivity index (χ0) is 28.3. The molecule has 210 valence electrons. The van der Waals surface area contributed by atoms with Crippen LogP contribution < -0.4 is 15.8 Å². The summed E-state index contributed by atoms with van der Waals surface area (Å²) in [6.45, 7) is 4.07. The van der Waals surface area contributed by atoms with Gasteiger partial charge in [-0.2, -0.15) is 0 Å². The number of hydrogen-bond acceptors (Lipinski definition) is 6. The smallest absolute Gasteiger partial charge is 0.300 e. The van der Waals surface area contributed by atoms with Gasteiger partial charge in [-0.25, -0.2) is 0 Å². The van der Waals surface area contributed by atoms with E-state index in [0.29, 0.717) is 24.3 Å². The van der Waals surface area contributed by atoms with E-state index in [9.17, 15) is 15.0 Å². The Balaban J connectivity index is 0.00000168. The number of ether oxygens (including phenoxy) is 1. The van der Waals surface area contributed by atoms with E-state index in [-0.39, 0.29) is 28.8 Å². The zero-order valence-corrected chi connectivity index (χ0v) is 22.6. The van der Waals surface area contributed by atoms with Crippen molar-refractivity contribution in [1.82, 2.24) is 5.32 Å². The predicted octanol–water partition coefficient (Wildman–Crippen LogP) is 5.49. The Kier molecular flexibility index (Phi) is 15.7. The average Bonchev–Trinajstić information content (AvgIpc) is 2.83. The number of amidine groups is 1. The zero-order valence-electron chi connectivity index (χ0n) is 22.6. The number of phenols is 2. The van der Waals surface area contributed by atoms with Crippen molar-refractivity contribution in [2.45, 2.75) is 78.1 Å². The first-order valence-electron chi connectivity index (χ1n) is 13.2. The van der Waals surface area contributed by atoms with Gasteiger partial charge in [0.25, 0.3) is 11.9 Å². The van der Waals surface area contributed by atoms with Crippen molar-refractivity contribution in [1.29, 1.82) is 5.41 Å². The highest BCUT2D eigenvalue weighted by Crippen LogP contribution is 2.26. The van der Waals surface area contributed by atoms with Gasteiger partial charge in [-0.05, 0) is 55.7 Å². The second kappa shape index (κ2) is 18.5. The van der Waals surface area contributed by atoms with Crippen LogP contribution in [-0.2, 0) is 4.79 Å². The van der Waals surface area contributed by atoms with Gasteiger partial charge in [-0.1, -0.05) is 51.4 Å². The lowest BCUT2D eigenvalue weighted by Crippen LogP contribution is -2.25. The molecule has 38 heavy (non-hydrogen) atoms. The van der Waals surface area contributed by atoms with Gasteiger partial charge in [0.15, 0.2) is 0 Å². The largest absolute Gasteiger partial charge is 0.508 e. The number of amides is 1. The van der Waals surface area contributed by atoms with E-state index in [1.54, 1.807) is 19.1 Å². The lowest BCUT2D eigenvalue weighted by Gasteiger charge is -2.10. The van der Waals surface area contributed by atoms with Crippen molar-refractivity contribution < 1.29 is 29.6 Å². The van der Waals surface area contributed by atoms with Crippen LogP contribution >= 0.6 is 0 Å². The molecule has 0 unspecified atom stereocenters. The van der Waals surface area contributed by atoms with Gasteiger partial charge in [0.1, 0.15) is 23.1 Å². The molecule has 1 amide bonds. The summed E-state index contributed by atoms with van der Waals surface area (Å²) in [6.07, 6.45) is 11.5. The van der Waals surface area contributed by atoms with E-state index in [0.717, 1.165) is 38.4 Å². The van der Waals surface area contributed by atoms with Crippen molar-refractivity contribution in [2.24, 2.45) is 5.73 Å². The summed E-state index contributed by atoms with van der Waals surface area (Å²) in [5.41, 5.74) is 6.94. The minimum absolute atomic E-state index is 0.0467. The molecule has 9 nitrogen and oxygen atoms in total. The number of unbranched alkanes of at least 4 members (excludes halogenated alkanes) is 9. The van der Waals surface area contributed by atoms with Crippen LogP contribution in [0.2, 0.25) is 0 Å². The number of rotatable bonds is 16. The molecule has 0 spiro atoms. The minimum atomic E-state index is -0.833. The fraction of sp³-hybridized carbons (Fsp3) is 0.483. The maximum Gasteiger partial charge on any atom is 0.300 e. The molecule has 7 N–H and O–H groups in total. The molecule has 2 aromatic carbocycles. The average molecular weight is 530 g/mol. The summed E-state index contributed by atoms with van der Waals surface area (Å²) >= 11 is 0. The molecule has 2 rings (SSSR count). The predicted molar refractivity (Wildman–Crippen MR) is 149 cm³/mol. The highest BCUT2D eigenvalue weighted by atomic mass is 16.5. The molecule has 0 heterocycles. The number of hydrogen-bond donors (Lipinski definition) is 6. The van der Waals surface area contributed by atoms with Gasteiger partial charge in [0, 0.05) is 25.1 Å². The van der Waals surface area contributed by atoms with Gasteiger partial charge in [-0.15, -0.1) is 0 Å². The Hall–Kier alpha value is -3.75. The lowest BCUT2D eigenvalue weighted by molar-refractivity contribution is -0.134. The molecule has 9 heteroatoms. The van der Waals surface area contributed by atoms with Crippen LogP contribution in [0.25, 0.3) is 0 Å². The van der Waals surface area contributed by atoms with E-state index in [2.05, 4.69) is 5.32 Å². The van der Waals surface area contributed by atoms with Crippen LogP contribution in [0.3, 0.4) is 0 Å². The first-order chi connectivity index (χ1) is 18.1. The normalized spacial score (nSPS) is 10.3. The number of aryl methyl sites for hydroxylation is 1. The van der Waals surface area contributed by atoms with E-state index in [1.165, 1.54) is 50.7 Å².